The van der Waals surface area contributed by atoms with Crippen molar-refractivity contribution in [3.63, 3.8) is 0 Å². The van der Waals surface area contributed by atoms with Crippen molar-refractivity contribution in [2.45, 2.75) is 25.9 Å². The topological polar surface area (TPSA) is 58.7 Å². The average Bonchev–Trinajstić information content (AvgIpc) is 2.62. The van der Waals surface area contributed by atoms with E-state index >= 15 is 0 Å². The van der Waals surface area contributed by atoms with Crippen molar-refractivity contribution in [2.75, 3.05) is 30.3 Å². The standard InChI is InChI=1S/C13H20N2O2/c1-3-17-12-8-10(4-5-11(12)14)15-7-6-13(2,16)9-15/h4-5,8,16H,3,6-7,9,14H2,1-2H3. The predicted octanol–water partition coefficient (Wildman–Crippen LogP) is 1.63. The van der Waals surface area contributed by atoms with Gasteiger partial charge in [0.2, 0.25) is 0 Å². The van der Waals surface area contributed by atoms with Crippen LogP contribution in [0.3, 0.4) is 0 Å². The van der Waals surface area contributed by atoms with Crippen molar-refractivity contribution >= 4 is 11.4 Å². The third-order valence-corrected chi connectivity index (χ3v) is 3.11. The Morgan fingerprint density at radius 2 is 2.29 bits per heavy atom. The number of nitrogens with two attached hydrogens (primary N) is 1. The number of rotatable bonds is 3. The molecule has 1 aromatic rings. The molecular formula is C13H20N2O2. The summed E-state index contributed by atoms with van der Waals surface area (Å²) >= 11 is 0. The molecule has 1 heterocycles. The Bertz CT molecular complexity index is 404. The first-order valence-corrected chi connectivity index (χ1v) is 6.01. The number of hydrogen-bond acceptors (Lipinski definition) is 4. The molecule has 1 atom stereocenters. The molecule has 0 radical (unpaired) electrons. The van der Waals surface area contributed by atoms with Crippen molar-refractivity contribution in [3.05, 3.63) is 18.2 Å². The summed E-state index contributed by atoms with van der Waals surface area (Å²) in [6, 6.07) is 5.77. The molecule has 1 aromatic carbocycles. The van der Waals surface area contributed by atoms with Gasteiger partial charge in [-0.25, -0.2) is 0 Å². The van der Waals surface area contributed by atoms with Crippen LogP contribution in [0.2, 0.25) is 0 Å². The predicted molar refractivity (Wildman–Crippen MR) is 69.5 cm³/mol. The fraction of sp³-hybridized carbons (Fsp3) is 0.538. The van der Waals surface area contributed by atoms with E-state index in [1.165, 1.54) is 0 Å². The molecule has 1 aliphatic heterocycles. The summed E-state index contributed by atoms with van der Waals surface area (Å²) in [5.74, 6) is 0.719. The lowest BCUT2D eigenvalue weighted by atomic mass is 10.1. The van der Waals surface area contributed by atoms with E-state index in [9.17, 15) is 5.11 Å². The largest absolute Gasteiger partial charge is 0.492 e. The number of benzene rings is 1. The smallest absolute Gasteiger partial charge is 0.144 e. The van der Waals surface area contributed by atoms with Crippen LogP contribution in [0.15, 0.2) is 18.2 Å². The van der Waals surface area contributed by atoms with Crippen LogP contribution < -0.4 is 15.4 Å². The van der Waals surface area contributed by atoms with Gasteiger partial charge in [0.05, 0.1) is 17.9 Å². The molecular weight excluding hydrogens is 216 g/mol. The Kier molecular flexibility index (Phi) is 3.15. The molecule has 2 rings (SSSR count). The lowest BCUT2D eigenvalue weighted by Gasteiger charge is -2.21. The van der Waals surface area contributed by atoms with Gasteiger partial charge in [-0.15, -0.1) is 0 Å². The highest BCUT2D eigenvalue weighted by Gasteiger charge is 2.31. The molecule has 0 bridgehead atoms. The number of nitrogen functional groups attached to an aromatic ring is 1. The van der Waals surface area contributed by atoms with E-state index in [0.717, 1.165) is 24.4 Å². The van der Waals surface area contributed by atoms with Crippen LogP contribution >= 0.6 is 0 Å². The van der Waals surface area contributed by atoms with Gasteiger partial charge in [0.25, 0.3) is 0 Å². The number of β-amino-alcohol motifs (C(OH)–C–C–N with tert-alkyl or cyclic N) is 1. The lowest BCUT2D eigenvalue weighted by Crippen LogP contribution is -2.29. The zero-order chi connectivity index (χ0) is 12.5. The molecule has 0 spiro atoms. The summed E-state index contributed by atoms with van der Waals surface area (Å²) in [4.78, 5) is 2.15. The van der Waals surface area contributed by atoms with E-state index in [1.54, 1.807) is 0 Å². The quantitative estimate of drug-likeness (QED) is 0.783. The van der Waals surface area contributed by atoms with Crippen molar-refractivity contribution < 1.29 is 9.84 Å². The zero-order valence-electron chi connectivity index (χ0n) is 10.4. The van der Waals surface area contributed by atoms with E-state index in [4.69, 9.17) is 10.5 Å². The van der Waals surface area contributed by atoms with Gasteiger partial charge in [-0.2, -0.15) is 0 Å². The van der Waals surface area contributed by atoms with Gasteiger partial charge < -0.3 is 20.5 Å². The second kappa shape index (κ2) is 4.45. The molecule has 17 heavy (non-hydrogen) atoms. The molecule has 0 amide bonds. The van der Waals surface area contributed by atoms with Gasteiger partial charge >= 0.3 is 0 Å². The van der Waals surface area contributed by atoms with Gasteiger partial charge in [0, 0.05) is 24.8 Å². The SMILES string of the molecule is CCOc1cc(N2CCC(C)(O)C2)ccc1N. The molecule has 0 aromatic heterocycles. The van der Waals surface area contributed by atoms with Crippen molar-refractivity contribution in [1.82, 2.24) is 0 Å². The minimum Gasteiger partial charge on any atom is -0.492 e. The van der Waals surface area contributed by atoms with Crippen LogP contribution in [0.1, 0.15) is 20.3 Å². The molecule has 0 aliphatic carbocycles. The maximum Gasteiger partial charge on any atom is 0.144 e. The van der Waals surface area contributed by atoms with Crippen LogP contribution in [0.5, 0.6) is 5.75 Å². The van der Waals surface area contributed by atoms with Gasteiger partial charge in [-0.05, 0) is 32.4 Å². The van der Waals surface area contributed by atoms with E-state index in [2.05, 4.69) is 4.90 Å². The molecule has 1 saturated heterocycles. The highest BCUT2D eigenvalue weighted by molar-refractivity contribution is 5.62. The van der Waals surface area contributed by atoms with E-state index < -0.39 is 5.60 Å². The van der Waals surface area contributed by atoms with E-state index in [-0.39, 0.29) is 0 Å². The number of ether oxygens (including phenoxy) is 1. The van der Waals surface area contributed by atoms with Crippen LogP contribution in [-0.4, -0.2) is 30.4 Å². The highest BCUT2D eigenvalue weighted by atomic mass is 16.5. The van der Waals surface area contributed by atoms with Crippen molar-refractivity contribution in [1.29, 1.82) is 0 Å². The fourth-order valence-electron chi connectivity index (χ4n) is 2.17. The molecule has 3 N–H and O–H groups in total. The second-order valence-corrected chi connectivity index (χ2v) is 4.82. The Morgan fingerprint density at radius 3 is 2.88 bits per heavy atom. The third-order valence-electron chi connectivity index (χ3n) is 3.11. The summed E-state index contributed by atoms with van der Waals surface area (Å²) < 4.78 is 5.47. The summed E-state index contributed by atoms with van der Waals surface area (Å²) in [5.41, 5.74) is 6.95. The number of aliphatic hydroxyl groups is 1. The Labute approximate surface area is 102 Å². The number of anilines is 2. The maximum atomic E-state index is 9.96. The van der Waals surface area contributed by atoms with Crippen LogP contribution in [0, 0.1) is 0 Å². The second-order valence-electron chi connectivity index (χ2n) is 4.82. The molecule has 94 valence electrons. The van der Waals surface area contributed by atoms with Gasteiger partial charge in [0.1, 0.15) is 5.75 Å². The van der Waals surface area contributed by atoms with Crippen LogP contribution in [-0.2, 0) is 0 Å². The lowest BCUT2D eigenvalue weighted by molar-refractivity contribution is 0.0839. The first-order chi connectivity index (χ1) is 8.02. The Hall–Kier alpha value is -1.42. The molecule has 1 aliphatic rings. The number of nitrogens with zero attached hydrogens (tertiary/aromatic N) is 1. The van der Waals surface area contributed by atoms with E-state index in [1.807, 2.05) is 32.0 Å². The summed E-state index contributed by atoms with van der Waals surface area (Å²) in [7, 11) is 0. The normalized spacial score (nSPS) is 24.1. The van der Waals surface area contributed by atoms with Crippen LogP contribution in [0.4, 0.5) is 11.4 Å². The first-order valence-electron chi connectivity index (χ1n) is 6.01. The number of hydrogen-bond donors (Lipinski definition) is 2. The Balaban J connectivity index is 2.19. The van der Waals surface area contributed by atoms with E-state index in [0.29, 0.717) is 18.8 Å². The van der Waals surface area contributed by atoms with Gasteiger partial charge in [0.15, 0.2) is 0 Å². The minimum atomic E-state index is -0.590. The summed E-state index contributed by atoms with van der Waals surface area (Å²) in [6.45, 7) is 5.93. The monoisotopic (exact) mass is 236 g/mol. The van der Waals surface area contributed by atoms with Crippen molar-refractivity contribution in [2.24, 2.45) is 0 Å². The highest BCUT2D eigenvalue weighted by Crippen LogP contribution is 2.31. The molecule has 0 saturated carbocycles. The van der Waals surface area contributed by atoms with Crippen LogP contribution in [0.25, 0.3) is 0 Å². The Morgan fingerprint density at radius 1 is 1.53 bits per heavy atom. The fourth-order valence-corrected chi connectivity index (χ4v) is 2.17. The summed E-state index contributed by atoms with van der Waals surface area (Å²) in [5, 5.41) is 9.96. The molecule has 4 nitrogen and oxygen atoms in total. The molecule has 1 unspecified atom stereocenters. The third kappa shape index (κ3) is 2.64. The minimum absolute atomic E-state index is 0.590. The molecule has 1 fully saturated rings. The zero-order valence-corrected chi connectivity index (χ0v) is 10.4. The van der Waals surface area contributed by atoms with Gasteiger partial charge in [-0.1, -0.05) is 0 Å². The summed E-state index contributed by atoms with van der Waals surface area (Å²) in [6.07, 6.45) is 0.793. The first kappa shape index (κ1) is 12.0. The average molecular weight is 236 g/mol. The van der Waals surface area contributed by atoms with Gasteiger partial charge in [-0.3, -0.25) is 0 Å². The van der Waals surface area contributed by atoms with Crippen molar-refractivity contribution in [3.8, 4) is 5.75 Å². The maximum absolute atomic E-state index is 9.96. The molecule has 4 heteroatoms.